The number of nitrogens with one attached hydrogen (secondary N) is 1. The molecule has 1 aliphatic rings. The molecule has 1 heterocycles. The Balaban J connectivity index is 1.47. The summed E-state index contributed by atoms with van der Waals surface area (Å²) in [5.74, 6) is 1.03. The number of nitrogens with zero attached hydrogens (tertiary/aromatic N) is 2. The van der Waals surface area contributed by atoms with Crippen molar-refractivity contribution in [2.45, 2.75) is 97.4 Å². The van der Waals surface area contributed by atoms with Crippen molar-refractivity contribution in [2.75, 3.05) is 20.1 Å². The van der Waals surface area contributed by atoms with Crippen LogP contribution >= 0.6 is 0 Å². The van der Waals surface area contributed by atoms with E-state index in [1.165, 1.54) is 11.1 Å². The predicted octanol–water partition coefficient (Wildman–Crippen LogP) is 7.15. The van der Waals surface area contributed by atoms with Gasteiger partial charge in [-0.3, -0.25) is 14.5 Å². The van der Waals surface area contributed by atoms with Crippen molar-refractivity contribution < 1.29 is 14.3 Å². The van der Waals surface area contributed by atoms with E-state index >= 15 is 0 Å². The Hall–Kier alpha value is -3.64. The van der Waals surface area contributed by atoms with E-state index in [4.69, 9.17) is 4.74 Å². The minimum Gasteiger partial charge on any atom is -0.489 e. The maximum absolute atomic E-state index is 14.0. The molecule has 242 valence electrons. The van der Waals surface area contributed by atoms with Crippen molar-refractivity contribution in [3.63, 3.8) is 0 Å². The maximum Gasteiger partial charge on any atom is 0.245 e. The zero-order valence-corrected chi connectivity index (χ0v) is 28.2. The van der Waals surface area contributed by atoms with Gasteiger partial charge < -0.3 is 15.0 Å². The molecule has 0 radical (unpaired) electrons. The summed E-state index contributed by atoms with van der Waals surface area (Å²) in [6, 6.07) is 25.7. The second-order valence-electron chi connectivity index (χ2n) is 14.1. The SMILES string of the molecule is CC(C)C[C@H](C(=O)N[C@@H](Cc1ccc(OCc2ccccc2)cc1)C(=O)N1CCCCC1)N(C)Cc1ccc(C(C)(C)C)cc1. The molecule has 1 fully saturated rings. The Morgan fingerprint density at radius 1 is 0.844 bits per heavy atom. The number of likely N-dealkylation sites (tertiary alicyclic amines) is 1. The highest BCUT2D eigenvalue weighted by atomic mass is 16.5. The second-order valence-corrected chi connectivity index (χ2v) is 14.1. The van der Waals surface area contributed by atoms with Gasteiger partial charge in [-0.15, -0.1) is 0 Å². The van der Waals surface area contributed by atoms with Crippen molar-refractivity contribution in [2.24, 2.45) is 5.92 Å². The monoisotopic (exact) mass is 611 g/mol. The normalized spacial score (nSPS) is 15.2. The highest BCUT2D eigenvalue weighted by molar-refractivity contribution is 5.90. The Labute approximate surface area is 271 Å². The molecule has 3 aromatic carbocycles. The van der Waals surface area contributed by atoms with E-state index < -0.39 is 6.04 Å². The third-order valence-electron chi connectivity index (χ3n) is 8.68. The average molecular weight is 612 g/mol. The quantitative estimate of drug-likeness (QED) is 0.223. The second kappa shape index (κ2) is 16.1. The molecule has 1 aliphatic heterocycles. The number of hydrogen-bond donors (Lipinski definition) is 1. The molecule has 0 spiro atoms. The highest BCUT2D eigenvalue weighted by Gasteiger charge is 2.31. The lowest BCUT2D eigenvalue weighted by molar-refractivity contribution is -0.138. The number of rotatable bonds is 13. The first-order valence-corrected chi connectivity index (χ1v) is 16.6. The van der Waals surface area contributed by atoms with Crippen molar-refractivity contribution in [1.82, 2.24) is 15.1 Å². The van der Waals surface area contributed by atoms with Crippen LogP contribution in [-0.4, -0.2) is 53.8 Å². The molecule has 0 bridgehead atoms. The van der Waals surface area contributed by atoms with Crippen molar-refractivity contribution in [3.05, 3.63) is 101 Å². The van der Waals surface area contributed by atoms with E-state index in [9.17, 15) is 9.59 Å². The summed E-state index contributed by atoms with van der Waals surface area (Å²) in [5.41, 5.74) is 4.66. The number of carbonyl (C=O) groups excluding carboxylic acids is 2. The summed E-state index contributed by atoms with van der Waals surface area (Å²) < 4.78 is 5.98. The molecule has 4 rings (SSSR count). The van der Waals surface area contributed by atoms with Crippen molar-refractivity contribution in [3.8, 4) is 5.75 Å². The molecule has 1 saturated heterocycles. The zero-order valence-electron chi connectivity index (χ0n) is 28.2. The van der Waals surface area contributed by atoms with Gasteiger partial charge in [0, 0.05) is 26.1 Å². The molecule has 2 amide bonds. The summed E-state index contributed by atoms with van der Waals surface area (Å²) in [6.45, 7) is 13.6. The Morgan fingerprint density at radius 2 is 1.47 bits per heavy atom. The molecule has 6 nitrogen and oxygen atoms in total. The summed E-state index contributed by atoms with van der Waals surface area (Å²) >= 11 is 0. The van der Waals surface area contributed by atoms with Crippen LogP contribution in [0.3, 0.4) is 0 Å². The number of ether oxygens (including phenoxy) is 1. The van der Waals surface area contributed by atoms with Crippen LogP contribution < -0.4 is 10.1 Å². The van der Waals surface area contributed by atoms with Crippen LogP contribution in [0.2, 0.25) is 0 Å². The lowest BCUT2D eigenvalue weighted by Gasteiger charge is -2.33. The third kappa shape index (κ3) is 10.5. The van der Waals surface area contributed by atoms with Gasteiger partial charge in [0.25, 0.3) is 0 Å². The first kappa shape index (κ1) is 34.2. The van der Waals surface area contributed by atoms with E-state index in [0.717, 1.165) is 49.2 Å². The standard InChI is InChI=1S/C39H53N3O3/c1-29(2)25-36(41(6)27-31-15-19-33(20-16-31)39(3,4)5)37(43)40-35(38(44)42-23-11-8-12-24-42)26-30-17-21-34(22-18-30)45-28-32-13-9-7-10-14-32/h7,9-10,13-22,29,35-36H,8,11-12,23-28H2,1-6H3,(H,40,43)/t35-,36+/m0/s1. The van der Waals surface area contributed by atoms with Crippen molar-refractivity contribution in [1.29, 1.82) is 0 Å². The highest BCUT2D eigenvalue weighted by Crippen LogP contribution is 2.23. The van der Waals surface area contributed by atoms with Crippen molar-refractivity contribution >= 4 is 11.8 Å². The number of carbonyl (C=O) groups is 2. The average Bonchev–Trinajstić information content (AvgIpc) is 3.03. The number of amides is 2. The fourth-order valence-electron chi connectivity index (χ4n) is 5.94. The number of hydrogen-bond acceptors (Lipinski definition) is 4. The molecular weight excluding hydrogens is 558 g/mol. The first-order chi connectivity index (χ1) is 21.5. The molecule has 6 heteroatoms. The van der Waals surface area contributed by atoms with Gasteiger partial charge in [0.15, 0.2) is 0 Å². The molecule has 3 aromatic rings. The van der Waals surface area contributed by atoms with E-state index in [2.05, 4.69) is 69.1 Å². The van der Waals surface area contributed by atoms with Crippen LogP contribution in [0.4, 0.5) is 0 Å². The molecule has 0 saturated carbocycles. The van der Waals surface area contributed by atoms with Crippen LogP contribution in [0.1, 0.15) is 82.6 Å². The topological polar surface area (TPSA) is 61.9 Å². The molecule has 0 aromatic heterocycles. The van der Waals surface area contributed by atoms with Gasteiger partial charge in [-0.1, -0.05) is 101 Å². The predicted molar refractivity (Wildman–Crippen MR) is 183 cm³/mol. The number of likely N-dealkylation sites (N-methyl/N-ethyl adjacent to an activating group) is 1. The first-order valence-electron chi connectivity index (χ1n) is 16.6. The number of benzene rings is 3. The van der Waals surface area contributed by atoms with Gasteiger partial charge in [0.2, 0.25) is 11.8 Å². The van der Waals surface area contributed by atoms with Crippen LogP contribution in [0, 0.1) is 5.92 Å². The molecule has 2 atom stereocenters. The van der Waals surface area contributed by atoms with E-state index in [0.29, 0.717) is 31.9 Å². The summed E-state index contributed by atoms with van der Waals surface area (Å²) in [6.07, 6.45) is 4.30. The van der Waals surface area contributed by atoms with Gasteiger partial charge in [0.1, 0.15) is 18.4 Å². The molecule has 45 heavy (non-hydrogen) atoms. The van der Waals surface area contributed by atoms with Gasteiger partial charge >= 0.3 is 0 Å². The lowest BCUT2D eigenvalue weighted by Crippen LogP contribution is -2.55. The van der Waals surface area contributed by atoms with Crippen LogP contribution in [0.25, 0.3) is 0 Å². The van der Waals surface area contributed by atoms with E-state index in [1.807, 2.05) is 66.5 Å². The van der Waals surface area contributed by atoms with Crippen LogP contribution in [0.15, 0.2) is 78.9 Å². The van der Waals surface area contributed by atoms with E-state index in [-0.39, 0.29) is 23.3 Å². The van der Waals surface area contributed by atoms with Crippen LogP contribution in [0.5, 0.6) is 5.75 Å². The number of piperidine rings is 1. The fourth-order valence-corrected chi connectivity index (χ4v) is 5.94. The largest absolute Gasteiger partial charge is 0.489 e. The van der Waals surface area contributed by atoms with Gasteiger partial charge in [-0.2, -0.15) is 0 Å². The van der Waals surface area contributed by atoms with E-state index in [1.54, 1.807) is 0 Å². The fraction of sp³-hybridized carbons (Fsp3) is 0.487. The Bertz CT molecular complexity index is 1340. The maximum atomic E-state index is 14.0. The Morgan fingerprint density at radius 3 is 2.07 bits per heavy atom. The smallest absolute Gasteiger partial charge is 0.245 e. The minimum atomic E-state index is -0.624. The van der Waals surface area contributed by atoms with Gasteiger partial charge in [-0.25, -0.2) is 0 Å². The molecule has 1 N–H and O–H groups in total. The summed E-state index contributed by atoms with van der Waals surface area (Å²) in [5, 5.41) is 3.22. The molecular formula is C39H53N3O3. The Kier molecular flexibility index (Phi) is 12.2. The minimum absolute atomic E-state index is 0.0103. The molecule has 0 unspecified atom stereocenters. The molecule has 0 aliphatic carbocycles. The lowest BCUT2D eigenvalue weighted by atomic mass is 9.86. The van der Waals surface area contributed by atoms with Gasteiger partial charge in [0.05, 0.1) is 6.04 Å². The third-order valence-corrected chi connectivity index (χ3v) is 8.68. The summed E-state index contributed by atoms with van der Waals surface area (Å²) in [4.78, 5) is 31.9. The van der Waals surface area contributed by atoms with Gasteiger partial charge in [-0.05, 0) is 78.5 Å². The summed E-state index contributed by atoms with van der Waals surface area (Å²) in [7, 11) is 2.01. The van der Waals surface area contributed by atoms with Crippen LogP contribution in [-0.2, 0) is 34.6 Å². The zero-order chi connectivity index (χ0) is 32.4.